The largest absolute Gasteiger partial charge is 0.481 e. The number of allylic oxidation sites excluding steroid dienone is 1. The summed E-state index contributed by atoms with van der Waals surface area (Å²) in [6.45, 7) is 3.57. The first kappa shape index (κ1) is 9.52. The molecule has 2 nitrogen and oxygen atoms in total. The third-order valence-electron chi connectivity index (χ3n) is 2.48. The van der Waals surface area contributed by atoms with Gasteiger partial charge in [-0.1, -0.05) is 25.4 Å². The molecule has 0 heterocycles. The highest BCUT2D eigenvalue weighted by Crippen LogP contribution is 2.59. The molecule has 0 radical (unpaired) electrons. The van der Waals surface area contributed by atoms with Gasteiger partial charge in [-0.05, 0) is 11.5 Å². The molecule has 1 aliphatic carbocycles. The zero-order valence-electron chi connectivity index (χ0n) is 6.84. The van der Waals surface area contributed by atoms with Gasteiger partial charge < -0.3 is 5.11 Å². The van der Waals surface area contributed by atoms with E-state index in [1.165, 1.54) is 6.08 Å². The minimum atomic E-state index is -0.890. The quantitative estimate of drug-likeness (QED) is 0.730. The lowest BCUT2D eigenvalue weighted by Crippen LogP contribution is -2.02. The van der Waals surface area contributed by atoms with Crippen molar-refractivity contribution >= 4 is 17.6 Å². The Morgan fingerprint density at radius 3 is 2.42 bits per heavy atom. The highest BCUT2D eigenvalue weighted by molar-refractivity contribution is 6.28. The summed E-state index contributed by atoms with van der Waals surface area (Å²) in [6.07, 6.45) is 1.17. The maximum Gasteiger partial charge on any atom is 0.307 e. The molecular formula is C8H10ClFO2. The van der Waals surface area contributed by atoms with Gasteiger partial charge in [-0.3, -0.25) is 4.79 Å². The lowest BCUT2D eigenvalue weighted by atomic mass is 10.1. The Morgan fingerprint density at radius 2 is 2.17 bits per heavy atom. The van der Waals surface area contributed by atoms with Crippen LogP contribution in [0.25, 0.3) is 0 Å². The van der Waals surface area contributed by atoms with Gasteiger partial charge in [0.15, 0.2) is 5.29 Å². The normalized spacial score (nSPS) is 33.2. The predicted octanol–water partition coefficient (Wildman–Crippen LogP) is 2.39. The summed E-state index contributed by atoms with van der Waals surface area (Å²) in [4.78, 5) is 10.6. The van der Waals surface area contributed by atoms with Gasteiger partial charge in [-0.25, -0.2) is 0 Å². The van der Waals surface area contributed by atoms with E-state index in [2.05, 4.69) is 0 Å². The van der Waals surface area contributed by atoms with E-state index < -0.39 is 17.2 Å². The highest BCUT2D eigenvalue weighted by Gasteiger charge is 2.61. The smallest absolute Gasteiger partial charge is 0.307 e. The minimum Gasteiger partial charge on any atom is -0.481 e. The first-order valence-electron chi connectivity index (χ1n) is 3.63. The summed E-state index contributed by atoms with van der Waals surface area (Å²) in [5.41, 5.74) is -0.363. The fourth-order valence-electron chi connectivity index (χ4n) is 1.60. The Morgan fingerprint density at radius 1 is 1.67 bits per heavy atom. The van der Waals surface area contributed by atoms with Gasteiger partial charge in [0.05, 0.1) is 5.92 Å². The molecule has 0 spiro atoms. The molecule has 1 rings (SSSR count). The van der Waals surface area contributed by atoms with Crippen LogP contribution in [0.1, 0.15) is 13.8 Å². The van der Waals surface area contributed by atoms with Crippen LogP contribution in [0.4, 0.5) is 4.39 Å². The highest BCUT2D eigenvalue weighted by atomic mass is 35.5. The second-order valence-corrected chi connectivity index (χ2v) is 3.98. The number of halogens is 2. The van der Waals surface area contributed by atoms with Crippen molar-refractivity contribution in [2.75, 3.05) is 0 Å². The van der Waals surface area contributed by atoms with Crippen molar-refractivity contribution in [1.29, 1.82) is 0 Å². The van der Waals surface area contributed by atoms with E-state index in [-0.39, 0.29) is 11.3 Å². The van der Waals surface area contributed by atoms with Gasteiger partial charge in [0.2, 0.25) is 0 Å². The molecule has 1 saturated carbocycles. The number of rotatable bonds is 2. The number of carboxylic acids is 1. The predicted molar refractivity (Wildman–Crippen MR) is 43.4 cm³/mol. The summed E-state index contributed by atoms with van der Waals surface area (Å²) in [5, 5.41) is 7.86. The van der Waals surface area contributed by atoms with Crippen LogP contribution in [0.2, 0.25) is 0 Å². The minimum absolute atomic E-state index is 0.271. The molecule has 2 unspecified atom stereocenters. The van der Waals surface area contributed by atoms with Crippen LogP contribution in [0.5, 0.6) is 0 Å². The van der Waals surface area contributed by atoms with Crippen LogP contribution in [0.3, 0.4) is 0 Å². The molecule has 0 aromatic rings. The Balaban J connectivity index is 2.73. The molecule has 0 aromatic carbocycles. The third kappa shape index (κ3) is 1.46. The first-order valence-corrected chi connectivity index (χ1v) is 4.01. The Labute approximate surface area is 75.0 Å². The summed E-state index contributed by atoms with van der Waals surface area (Å²) < 4.78 is 12.2. The van der Waals surface area contributed by atoms with Crippen molar-refractivity contribution in [3.8, 4) is 0 Å². The van der Waals surface area contributed by atoms with Crippen molar-refractivity contribution < 1.29 is 14.3 Å². The fraction of sp³-hybridized carbons (Fsp3) is 0.625. The molecule has 1 fully saturated rings. The van der Waals surface area contributed by atoms with Crippen LogP contribution < -0.4 is 0 Å². The van der Waals surface area contributed by atoms with Crippen molar-refractivity contribution in [2.45, 2.75) is 13.8 Å². The summed E-state index contributed by atoms with van der Waals surface area (Å²) >= 11 is 5.01. The van der Waals surface area contributed by atoms with Gasteiger partial charge in [0.25, 0.3) is 0 Å². The summed E-state index contributed by atoms with van der Waals surface area (Å²) in [6, 6.07) is 0. The van der Waals surface area contributed by atoms with Crippen LogP contribution >= 0.6 is 11.6 Å². The molecular weight excluding hydrogens is 183 g/mol. The second kappa shape index (κ2) is 2.73. The number of hydrogen-bond acceptors (Lipinski definition) is 1. The molecule has 4 heteroatoms. The van der Waals surface area contributed by atoms with E-state index in [0.717, 1.165) is 0 Å². The SMILES string of the molecule is CC1(C)C(C=C(F)Cl)C1C(=O)O. The van der Waals surface area contributed by atoms with Crippen LogP contribution in [-0.4, -0.2) is 11.1 Å². The molecule has 1 N–H and O–H groups in total. The van der Waals surface area contributed by atoms with E-state index in [1.807, 2.05) is 0 Å². The standard InChI is InChI=1S/C8H10ClFO2/c1-8(2)4(3-5(9)10)6(8)7(11)12/h3-4,6H,1-2H3,(H,11,12). The number of hydrogen-bond donors (Lipinski definition) is 1. The molecule has 0 aliphatic heterocycles. The van der Waals surface area contributed by atoms with Crippen molar-refractivity contribution in [1.82, 2.24) is 0 Å². The third-order valence-corrected chi connectivity index (χ3v) is 2.61. The Hall–Kier alpha value is -0.570. The van der Waals surface area contributed by atoms with Crippen LogP contribution in [0, 0.1) is 17.3 Å². The van der Waals surface area contributed by atoms with Crippen molar-refractivity contribution in [3.05, 3.63) is 11.4 Å². The van der Waals surface area contributed by atoms with Crippen LogP contribution in [0.15, 0.2) is 11.4 Å². The zero-order valence-corrected chi connectivity index (χ0v) is 7.60. The van der Waals surface area contributed by atoms with E-state index in [0.29, 0.717) is 0 Å². The molecule has 1 aliphatic rings. The van der Waals surface area contributed by atoms with Crippen molar-refractivity contribution in [2.24, 2.45) is 17.3 Å². The van der Waals surface area contributed by atoms with E-state index >= 15 is 0 Å². The number of carboxylic acid groups (broad SMARTS) is 1. The number of carbonyl (C=O) groups is 1. The van der Waals surface area contributed by atoms with Gasteiger partial charge in [0.1, 0.15) is 0 Å². The van der Waals surface area contributed by atoms with Crippen LogP contribution in [-0.2, 0) is 4.79 Å². The zero-order chi connectivity index (χ0) is 9.52. The molecule has 68 valence electrons. The van der Waals surface area contributed by atoms with Gasteiger partial charge >= 0.3 is 5.97 Å². The first-order chi connectivity index (χ1) is 5.37. The maximum atomic E-state index is 12.2. The average Bonchev–Trinajstić information content (AvgIpc) is 2.32. The van der Waals surface area contributed by atoms with E-state index in [4.69, 9.17) is 16.7 Å². The van der Waals surface area contributed by atoms with Gasteiger partial charge in [0, 0.05) is 5.92 Å². The summed E-state index contributed by atoms with van der Waals surface area (Å²) in [5.74, 6) is -1.66. The lowest BCUT2D eigenvalue weighted by molar-refractivity contribution is -0.139. The molecule has 0 aromatic heterocycles. The topological polar surface area (TPSA) is 37.3 Å². The van der Waals surface area contributed by atoms with Gasteiger partial charge in [-0.15, -0.1) is 0 Å². The Bertz CT molecular complexity index is 243. The van der Waals surface area contributed by atoms with E-state index in [9.17, 15) is 9.18 Å². The Kier molecular flexibility index (Phi) is 2.17. The van der Waals surface area contributed by atoms with Crippen molar-refractivity contribution in [3.63, 3.8) is 0 Å². The average molecular weight is 193 g/mol. The molecule has 0 amide bonds. The second-order valence-electron chi connectivity index (χ2n) is 3.62. The maximum absolute atomic E-state index is 12.2. The lowest BCUT2D eigenvalue weighted by Gasteiger charge is -1.95. The molecule has 0 saturated heterocycles. The molecule has 2 atom stereocenters. The monoisotopic (exact) mass is 192 g/mol. The van der Waals surface area contributed by atoms with E-state index in [1.54, 1.807) is 13.8 Å². The molecule has 12 heavy (non-hydrogen) atoms. The number of aliphatic carboxylic acids is 1. The molecule has 0 bridgehead atoms. The fourth-order valence-corrected chi connectivity index (χ4v) is 1.73. The van der Waals surface area contributed by atoms with Gasteiger partial charge in [-0.2, -0.15) is 4.39 Å². The summed E-state index contributed by atoms with van der Waals surface area (Å²) in [7, 11) is 0.